The zero-order valence-corrected chi connectivity index (χ0v) is 9.59. The van der Waals surface area contributed by atoms with E-state index in [9.17, 15) is 4.79 Å². The third-order valence-electron chi connectivity index (χ3n) is 2.81. The van der Waals surface area contributed by atoms with Gasteiger partial charge in [-0.25, -0.2) is 0 Å². The van der Waals surface area contributed by atoms with E-state index in [1.165, 1.54) is 4.88 Å². The number of carbonyl (C=O) groups is 1. The van der Waals surface area contributed by atoms with Crippen LogP contribution in [-0.2, 0) is 16.0 Å². The van der Waals surface area contributed by atoms with Gasteiger partial charge in [0.15, 0.2) is 0 Å². The summed E-state index contributed by atoms with van der Waals surface area (Å²) in [4.78, 5) is 13.1. The van der Waals surface area contributed by atoms with Gasteiger partial charge in [-0.2, -0.15) is 0 Å². The summed E-state index contributed by atoms with van der Waals surface area (Å²) in [5, 5.41) is 2.06. The molecule has 1 unspecified atom stereocenters. The van der Waals surface area contributed by atoms with E-state index < -0.39 is 0 Å². The van der Waals surface area contributed by atoms with E-state index in [1.807, 2.05) is 6.07 Å². The van der Waals surface area contributed by atoms with Crippen LogP contribution in [0.25, 0.3) is 0 Å². The second-order valence-corrected chi connectivity index (χ2v) is 4.99. The van der Waals surface area contributed by atoms with Crippen LogP contribution < -0.4 is 0 Å². The second-order valence-electron chi connectivity index (χ2n) is 3.96. The van der Waals surface area contributed by atoms with Crippen LogP contribution in [0.2, 0.25) is 0 Å². The lowest BCUT2D eigenvalue weighted by molar-refractivity contribution is -0.126. The molecule has 1 saturated heterocycles. The minimum Gasteiger partial charge on any atom is -0.381 e. The largest absolute Gasteiger partial charge is 0.381 e. The van der Waals surface area contributed by atoms with Crippen molar-refractivity contribution in [3.05, 3.63) is 22.4 Å². The molecule has 15 heavy (non-hydrogen) atoms. The molecule has 0 aromatic carbocycles. The molecule has 1 aromatic heterocycles. The van der Waals surface area contributed by atoms with Gasteiger partial charge in [-0.1, -0.05) is 6.07 Å². The number of hydrogen-bond acceptors (Lipinski definition) is 3. The van der Waals surface area contributed by atoms with Crippen molar-refractivity contribution in [3.63, 3.8) is 0 Å². The number of aryl methyl sites for hydroxylation is 1. The van der Waals surface area contributed by atoms with E-state index in [0.29, 0.717) is 18.8 Å². The summed E-state index contributed by atoms with van der Waals surface area (Å²) in [5.74, 6) is 0.543. The van der Waals surface area contributed by atoms with Crippen molar-refractivity contribution in [1.82, 2.24) is 0 Å². The fourth-order valence-electron chi connectivity index (χ4n) is 1.90. The van der Waals surface area contributed by atoms with Gasteiger partial charge in [0.1, 0.15) is 5.78 Å². The molecule has 3 heteroatoms. The molecule has 2 rings (SSSR count). The van der Waals surface area contributed by atoms with Crippen LogP contribution in [0, 0.1) is 5.92 Å². The quantitative estimate of drug-likeness (QED) is 0.786. The van der Waals surface area contributed by atoms with Crippen molar-refractivity contribution >= 4 is 17.1 Å². The molecule has 0 aliphatic carbocycles. The van der Waals surface area contributed by atoms with Crippen molar-refractivity contribution < 1.29 is 9.53 Å². The normalized spacial score (nSPS) is 21.5. The predicted octanol–water partition coefficient (Wildman–Crippen LogP) is 2.68. The average molecular weight is 224 g/mol. The molecule has 0 amide bonds. The molecule has 0 bridgehead atoms. The summed E-state index contributed by atoms with van der Waals surface area (Å²) in [6.45, 7) is 1.47. The number of ketones is 1. The molecule has 0 radical (unpaired) electrons. The topological polar surface area (TPSA) is 26.3 Å². The molecule has 1 aliphatic heterocycles. The Labute approximate surface area is 94.3 Å². The molecular weight excluding hydrogens is 208 g/mol. The van der Waals surface area contributed by atoms with Gasteiger partial charge in [0.2, 0.25) is 0 Å². The van der Waals surface area contributed by atoms with Crippen molar-refractivity contribution in [1.29, 1.82) is 0 Å². The van der Waals surface area contributed by atoms with Gasteiger partial charge >= 0.3 is 0 Å². The van der Waals surface area contributed by atoms with Gasteiger partial charge < -0.3 is 4.74 Å². The Hall–Kier alpha value is -0.670. The SMILES string of the molecule is O=C(CCc1cccs1)C1CCCOC1. The predicted molar refractivity (Wildman–Crippen MR) is 61.2 cm³/mol. The van der Waals surface area contributed by atoms with Crippen LogP contribution in [0.5, 0.6) is 0 Å². The first-order valence-electron chi connectivity index (χ1n) is 5.49. The highest BCUT2D eigenvalue weighted by Crippen LogP contribution is 2.18. The van der Waals surface area contributed by atoms with Crippen LogP contribution >= 0.6 is 11.3 Å². The standard InChI is InChI=1S/C12H16O2S/c13-12(10-3-1-7-14-9-10)6-5-11-4-2-8-15-11/h2,4,8,10H,1,3,5-7,9H2. The van der Waals surface area contributed by atoms with E-state index in [2.05, 4.69) is 11.4 Å². The maximum atomic E-state index is 11.8. The zero-order valence-electron chi connectivity index (χ0n) is 8.78. The summed E-state index contributed by atoms with van der Waals surface area (Å²) in [6.07, 6.45) is 3.63. The Morgan fingerprint density at radius 3 is 3.20 bits per heavy atom. The molecule has 2 heterocycles. The molecule has 1 fully saturated rings. The van der Waals surface area contributed by atoms with Gasteiger partial charge in [0.05, 0.1) is 6.61 Å². The monoisotopic (exact) mass is 224 g/mol. The molecule has 0 N–H and O–H groups in total. The molecule has 82 valence electrons. The first kappa shape index (κ1) is 10.8. The van der Waals surface area contributed by atoms with E-state index in [-0.39, 0.29) is 5.92 Å². The Morgan fingerprint density at radius 2 is 2.53 bits per heavy atom. The number of Topliss-reactive ketones (excluding diaryl/α,β-unsaturated/α-hetero) is 1. The maximum Gasteiger partial charge on any atom is 0.138 e. The summed E-state index contributed by atoms with van der Waals surface area (Å²) in [5.41, 5.74) is 0. The smallest absolute Gasteiger partial charge is 0.138 e. The van der Waals surface area contributed by atoms with Gasteiger partial charge in [-0.3, -0.25) is 4.79 Å². The highest BCUT2D eigenvalue weighted by molar-refractivity contribution is 7.09. The fraction of sp³-hybridized carbons (Fsp3) is 0.583. The number of thiophene rings is 1. The molecule has 0 saturated carbocycles. The minimum atomic E-state index is 0.165. The van der Waals surface area contributed by atoms with Crippen molar-refractivity contribution in [3.8, 4) is 0 Å². The summed E-state index contributed by atoms with van der Waals surface area (Å²) in [7, 11) is 0. The van der Waals surface area contributed by atoms with Crippen molar-refractivity contribution in [2.75, 3.05) is 13.2 Å². The lowest BCUT2D eigenvalue weighted by Crippen LogP contribution is -2.25. The Bertz CT molecular complexity index is 299. The van der Waals surface area contributed by atoms with E-state index in [0.717, 1.165) is 25.9 Å². The highest BCUT2D eigenvalue weighted by atomic mass is 32.1. The number of hydrogen-bond donors (Lipinski definition) is 0. The molecule has 1 atom stereocenters. The summed E-state index contributed by atoms with van der Waals surface area (Å²) in [6, 6.07) is 4.13. The summed E-state index contributed by atoms with van der Waals surface area (Å²) < 4.78 is 5.32. The molecule has 1 aromatic rings. The third kappa shape index (κ3) is 3.14. The van der Waals surface area contributed by atoms with E-state index in [4.69, 9.17) is 4.74 Å². The van der Waals surface area contributed by atoms with Gasteiger partial charge in [-0.05, 0) is 30.7 Å². The van der Waals surface area contributed by atoms with Crippen LogP contribution in [0.4, 0.5) is 0 Å². The molecular formula is C12H16O2S. The van der Waals surface area contributed by atoms with Crippen LogP contribution in [-0.4, -0.2) is 19.0 Å². The van der Waals surface area contributed by atoms with Gasteiger partial charge in [0, 0.05) is 23.8 Å². The number of ether oxygens (including phenoxy) is 1. The van der Waals surface area contributed by atoms with E-state index in [1.54, 1.807) is 11.3 Å². The van der Waals surface area contributed by atoms with Crippen LogP contribution in [0.1, 0.15) is 24.1 Å². The van der Waals surface area contributed by atoms with Crippen LogP contribution in [0.15, 0.2) is 17.5 Å². The fourth-order valence-corrected chi connectivity index (χ4v) is 2.61. The Morgan fingerprint density at radius 1 is 1.60 bits per heavy atom. The zero-order chi connectivity index (χ0) is 10.5. The highest BCUT2D eigenvalue weighted by Gasteiger charge is 2.21. The van der Waals surface area contributed by atoms with E-state index >= 15 is 0 Å². The number of rotatable bonds is 4. The first-order valence-corrected chi connectivity index (χ1v) is 6.37. The molecule has 2 nitrogen and oxygen atoms in total. The van der Waals surface area contributed by atoms with Crippen LogP contribution in [0.3, 0.4) is 0 Å². The average Bonchev–Trinajstić information content (AvgIpc) is 2.80. The van der Waals surface area contributed by atoms with Crippen molar-refractivity contribution in [2.24, 2.45) is 5.92 Å². The molecule has 0 spiro atoms. The second kappa shape index (κ2) is 5.42. The lowest BCUT2D eigenvalue weighted by atomic mass is 9.94. The summed E-state index contributed by atoms with van der Waals surface area (Å²) >= 11 is 1.73. The lowest BCUT2D eigenvalue weighted by Gasteiger charge is -2.20. The van der Waals surface area contributed by atoms with Gasteiger partial charge in [0.25, 0.3) is 0 Å². The Balaban J connectivity index is 1.76. The Kier molecular flexibility index (Phi) is 3.92. The van der Waals surface area contributed by atoms with Gasteiger partial charge in [-0.15, -0.1) is 11.3 Å². The first-order chi connectivity index (χ1) is 7.36. The molecule has 1 aliphatic rings. The van der Waals surface area contributed by atoms with Crippen molar-refractivity contribution in [2.45, 2.75) is 25.7 Å². The number of carbonyl (C=O) groups excluding carboxylic acids is 1. The maximum absolute atomic E-state index is 11.8. The third-order valence-corrected chi connectivity index (χ3v) is 3.75. The minimum absolute atomic E-state index is 0.165.